The standard InChI is InChI=1S/C5H7N2OSe/c1-3-2-4(8)7-5(9)6-3/h2,6,9H,1H3,(H,7,8). The summed E-state index contributed by atoms with van der Waals surface area (Å²) in [6.07, 6.45) is 0. The Balaban J connectivity index is 3.52. The third-order valence-electron chi connectivity index (χ3n) is 0.905. The first-order valence-corrected chi connectivity index (χ1v) is 3.44. The summed E-state index contributed by atoms with van der Waals surface area (Å²) in [5.41, 5.74) is 0.802. The average Bonchev–Trinajstić information content (AvgIpc) is 1.59. The van der Waals surface area contributed by atoms with Gasteiger partial charge < -0.3 is 0 Å². The fraction of sp³-hybridized carbons (Fsp3) is 0.200. The van der Waals surface area contributed by atoms with Gasteiger partial charge in [-0.1, -0.05) is 0 Å². The van der Waals surface area contributed by atoms with E-state index < -0.39 is 0 Å². The Hall–Kier alpha value is -0.601. The van der Waals surface area contributed by atoms with Gasteiger partial charge >= 0.3 is 58.9 Å². The number of aryl methyl sites for hydroxylation is 1. The van der Waals surface area contributed by atoms with Crippen LogP contribution in [0.3, 0.4) is 0 Å². The van der Waals surface area contributed by atoms with Crippen molar-refractivity contribution in [2.24, 2.45) is 0 Å². The molecular weight excluding hydrogens is 183 g/mol. The molecule has 1 radical (unpaired) electrons. The van der Waals surface area contributed by atoms with E-state index in [0.717, 1.165) is 10.0 Å². The van der Waals surface area contributed by atoms with Crippen LogP contribution in [0, 0.1) is 11.2 Å². The van der Waals surface area contributed by atoms with Crippen molar-refractivity contribution in [2.45, 2.75) is 6.92 Å². The molecule has 0 bridgehead atoms. The number of aromatic amines is 2. The average molecular weight is 190 g/mol. The molecule has 0 aliphatic carbocycles. The van der Waals surface area contributed by atoms with Gasteiger partial charge in [0.05, 0.1) is 0 Å². The van der Waals surface area contributed by atoms with Crippen molar-refractivity contribution in [1.82, 2.24) is 9.97 Å². The van der Waals surface area contributed by atoms with Crippen LogP contribution in [0.5, 0.6) is 0 Å². The summed E-state index contributed by atoms with van der Waals surface area (Å²) in [4.78, 5) is 16.1. The summed E-state index contributed by atoms with van der Waals surface area (Å²) in [7, 11) is 0. The molecule has 0 unspecified atom stereocenters. The predicted octanol–water partition coefficient (Wildman–Crippen LogP) is -0.556. The molecule has 0 saturated carbocycles. The molecule has 49 valence electrons. The van der Waals surface area contributed by atoms with Gasteiger partial charge in [-0.3, -0.25) is 0 Å². The van der Waals surface area contributed by atoms with E-state index in [-0.39, 0.29) is 5.56 Å². The SMILES string of the molecule is Cc1cc(=O)[nH]c(=[SeH])[nH]1. The Morgan fingerprint density at radius 1 is 1.56 bits per heavy atom. The predicted molar refractivity (Wildman–Crippen MR) is 36.5 cm³/mol. The van der Waals surface area contributed by atoms with Gasteiger partial charge in [0.15, 0.2) is 0 Å². The van der Waals surface area contributed by atoms with E-state index in [0.29, 0.717) is 0 Å². The van der Waals surface area contributed by atoms with E-state index in [2.05, 4.69) is 25.5 Å². The minimum atomic E-state index is -0.0677. The summed E-state index contributed by atoms with van der Waals surface area (Å²) < 4.78 is 0.729. The Morgan fingerprint density at radius 2 is 2.22 bits per heavy atom. The van der Waals surface area contributed by atoms with Crippen LogP contribution in [0.15, 0.2) is 10.9 Å². The first-order chi connectivity index (χ1) is 4.18. The van der Waals surface area contributed by atoms with E-state index in [4.69, 9.17) is 0 Å². The zero-order valence-corrected chi connectivity index (χ0v) is 6.81. The van der Waals surface area contributed by atoms with Crippen LogP contribution in [0.25, 0.3) is 0 Å². The van der Waals surface area contributed by atoms with Crippen molar-refractivity contribution < 1.29 is 0 Å². The van der Waals surface area contributed by atoms with Crippen molar-refractivity contribution >= 4 is 15.6 Å². The molecule has 1 heterocycles. The molecule has 4 heteroatoms. The molecule has 1 rings (SSSR count). The normalized spacial score (nSPS) is 9.44. The molecule has 0 aromatic carbocycles. The van der Waals surface area contributed by atoms with Crippen LogP contribution in [-0.4, -0.2) is 25.5 Å². The van der Waals surface area contributed by atoms with E-state index in [1.165, 1.54) is 6.07 Å². The van der Waals surface area contributed by atoms with Gasteiger partial charge in [0.1, 0.15) is 0 Å². The second-order valence-corrected chi connectivity index (χ2v) is 2.73. The Bertz CT molecular complexity index is 283. The van der Waals surface area contributed by atoms with Crippen LogP contribution in [0.2, 0.25) is 0 Å². The molecule has 0 saturated heterocycles. The molecule has 1 aromatic rings. The molecule has 9 heavy (non-hydrogen) atoms. The van der Waals surface area contributed by atoms with Gasteiger partial charge in [0.2, 0.25) is 0 Å². The number of rotatable bonds is 0. The minimum absolute atomic E-state index is 0.0677. The van der Waals surface area contributed by atoms with E-state index in [1.807, 2.05) is 6.92 Å². The van der Waals surface area contributed by atoms with Gasteiger partial charge in [0, 0.05) is 0 Å². The number of aromatic nitrogens is 2. The third kappa shape index (κ3) is 1.66. The van der Waals surface area contributed by atoms with Gasteiger partial charge in [-0.25, -0.2) is 0 Å². The first-order valence-electron chi connectivity index (χ1n) is 2.51. The maximum atomic E-state index is 10.6. The summed E-state index contributed by atoms with van der Waals surface area (Å²) in [6.45, 7) is 1.84. The molecule has 0 fully saturated rings. The second-order valence-electron chi connectivity index (χ2n) is 1.79. The van der Waals surface area contributed by atoms with Crippen molar-refractivity contribution in [1.29, 1.82) is 0 Å². The van der Waals surface area contributed by atoms with E-state index in [1.54, 1.807) is 0 Å². The molecule has 0 amide bonds. The fourth-order valence-corrected chi connectivity index (χ4v) is 1.20. The van der Waals surface area contributed by atoms with Gasteiger partial charge in [-0.05, 0) is 0 Å². The van der Waals surface area contributed by atoms with Crippen molar-refractivity contribution in [2.75, 3.05) is 0 Å². The van der Waals surface area contributed by atoms with Crippen LogP contribution in [0.1, 0.15) is 5.69 Å². The van der Waals surface area contributed by atoms with Crippen LogP contribution in [0.4, 0.5) is 0 Å². The number of hydrogen-bond acceptors (Lipinski definition) is 1. The van der Waals surface area contributed by atoms with Gasteiger partial charge in [0.25, 0.3) is 0 Å². The van der Waals surface area contributed by atoms with E-state index >= 15 is 0 Å². The second kappa shape index (κ2) is 2.33. The summed E-state index contributed by atoms with van der Waals surface area (Å²) in [5.74, 6) is 0. The molecule has 2 N–H and O–H groups in total. The summed E-state index contributed by atoms with van der Waals surface area (Å²) in [6, 6.07) is 1.51. The summed E-state index contributed by atoms with van der Waals surface area (Å²) >= 11 is 2.24. The fourth-order valence-electron chi connectivity index (χ4n) is 0.604. The zero-order chi connectivity index (χ0) is 6.85. The van der Waals surface area contributed by atoms with Crippen LogP contribution in [-0.2, 0) is 0 Å². The molecule has 0 aliphatic rings. The Kier molecular flexibility index (Phi) is 1.69. The monoisotopic (exact) mass is 191 g/mol. The van der Waals surface area contributed by atoms with Crippen molar-refractivity contribution in [3.05, 3.63) is 26.4 Å². The molecule has 0 atom stereocenters. The van der Waals surface area contributed by atoms with Crippen LogP contribution >= 0.6 is 0 Å². The molecule has 0 aliphatic heterocycles. The molecule has 1 aromatic heterocycles. The summed E-state index contributed by atoms with van der Waals surface area (Å²) in [5, 5.41) is 0. The number of nitrogens with one attached hydrogen (secondary N) is 2. The molecule has 3 nitrogen and oxygen atoms in total. The number of hydrogen-bond donors (Lipinski definition) is 2. The molecular formula is C5H7N2OSe. The topological polar surface area (TPSA) is 48.6 Å². The Morgan fingerprint density at radius 3 is 2.67 bits per heavy atom. The van der Waals surface area contributed by atoms with Gasteiger partial charge in [-0.2, -0.15) is 0 Å². The maximum absolute atomic E-state index is 10.6. The number of H-pyrrole nitrogens is 2. The van der Waals surface area contributed by atoms with Crippen LogP contribution < -0.4 is 5.56 Å². The Labute approximate surface area is 59.5 Å². The quantitative estimate of drug-likeness (QED) is 0.529. The molecule has 0 spiro atoms. The van der Waals surface area contributed by atoms with Crippen molar-refractivity contribution in [3.8, 4) is 0 Å². The first kappa shape index (κ1) is 6.52. The van der Waals surface area contributed by atoms with Crippen molar-refractivity contribution in [3.63, 3.8) is 0 Å². The van der Waals surface area contributed by atoms with E-state index in [9.17, 15) is 4.79 Å². The zero-order valence-electron chi connectivity index (χ0n) is 4.93. The third-order valence-corrected chi connectivity index (χ3v) is 1.37. The van der Waals surface area contributed by atoms with Gasteiger partial charge in [-0.15, -0.1) is 0 Å².